The number of benzene rings is 1. The van der Waals surface area contributed by atoms with Crippen LogP contribution < -0.4 is 7.55 Å². The Morgan fingerprint density at radius 1 is 1.18 bits per heavy atom. The van der Waals surface area contributed by atoms with E-state index in [1.807, 2.05) is 12.1 Å². The van der Waals surface area contributed by atoms with E-state index in [0.29, 0.717) is 0 Å². The fourth-order valence-corrected chi connectivity index (χ4v) is 1.01. The molecule has 0 fully saturated rings. The summed E-state index contributed by atoms with van der Waals surface area (Å²) >= 11 is 1.12. The Bertz CT molecular complexity index is 184. The van der Waals surface area contributed by atoms with E-state index in [9.17, 15) is 0 Å². The predicted octanol–water partition coefficient (Wildman–Crippen LogP) is 0.0975. The molecule has 0 saturated carbocycles. The van der Waals surface area contributed by atoms with Gasteiger partial charge < -0.3 is 5.11 Å². The molecule has 0 aliphatic carbocycles. The number of hydrogen-bond acceptors (Lipinski definition) is 2. The molecule has 11 heavy (non-hydrogen) atoms. The second-order valence-electron chi connectivity index (χ2n) is 2.02. The number of rotatable bonds is 1. The first-order chi connectivity index (χ1) is 5.33. The van der Waals surface area contributed by atoms with Gasteiger partial charge in [0.25, 0.3) is 0 Å². The third-order valence-electron chi connectivity index (χ3n) is 1.26. The Morgan fingerprint density at radius 3 is 2.00 bits per heavy atom. The second kappa shape index (κ2) is 6.68. The molecule has 0 aromatic heterocycles. The molecule has 1 N–H and O–H groups in total. The van der Waals surface area contributed by atoms with Crippen molar-refractivity contribution in [3.63, 3.8) is 0 Å². The number of aliphatic hydroxyl groups is 1. The molecule has 0 radical (unpaired) electrons. The van der Waals surface area contributed by atoms with E-state index >= 15 is 0 Å². The minimum atomic E-state index is 0.939. The fraction of sp³-hybridized carbons (Fsp3) is 0.250. The van der Waals surface area contributed by atoms with Crippen LogP contribution in [-0.2, 0) is 0 Å². The maximum atomic E-state index is 7.00. The van der Waals surface area contributed by atoms with Gasteiger partial charge in [-0.1, -0.05) is 0 Å². The average Bonchev–Trinajstić information content (AvgIpc) is 2.10. The summed E-state index contributed by atoms with van der Waals surface area (Å²) in [5.74, 6) is 0.939. The van der Waals surface area contributed by atoms with Gasteiger partial charge in [-0.3, -0.25) is 0 Å². The molecule has 0 saturated heterocycles. The topological polar surface area (TPSA) is 29.5 Å². The van der Waals surface area contributed by atoms with E-state index in [4.69, 9.17) is 9.84 Å². The van der Waals surface area contributed by atoms with Gasteiger partial charge in [0, 0.05) is 7.11 Å². The van der Waals surface area contributed by atoms with E-state index < -0.39 is 0 Å². The van der Waals surface area contributed by atoms with E-state index in [2.05, 4.69) is 12.1 Å². The van der Waals surface area contributed by atoms with Crippen molar-refractivity contribution in [2.75, 3.05) is 14.2 Å². The summed E-state index contributed by atoms with van der Waals surface area (Å²) in [6.07, 6.45) is 0. The normalized spacial score (nSPS) is 8.09. The Hall–Kier alpha value is -0.0200. The van der Waals surface area contributed by atoms with Crippen molar-refractivity contribution in [2.24, 2.45) is 0 Å². The molecule has 1 aromatic carbocycles. The van der Waals surface area contributed by atoms with Crippen molar-refractivity contribution in [3.05, 3.63) is 24.3 Å². The predicted molar refractivity (Wildman–Crippen MR) is 46.5 cm³/mol. The van der Waals surface area contributed by atoms with Crippen LogP contribution in [0.2, 0.25) is 0 Å². The van der Waals surface area contributed by atoms with Crippen molar-refractivity contribution < 1.29 is 9.84 Å². The molecule has 0 atom stereocenters. The van der Waals surface area contributed by atoms with Gasteiger partial charge in [0.2, 0.25) is 0 Å². The zero-order chi connectivity index (χ0) is 8.69. The van der Waals surface area contributed by atoms with Crippen LogP contribution in [0.4, 0.5) is 0 Å². The van der Waals surface area contributed by atoms with Crippen molar-refractivity contribution in [2.45, 2.75) is 0 Å². The van der Waals surface area contributed by atoms with Gasteiger partial charge in [-0.2, -0.15) is 0 Å². The molecule has 1 rings (SSSR count). The molecule has 0 bridgehead atoms. The molecule has 0 aliphatic heterocycles. The van der Waals surface area contributed by atoms with Crippen molar-refractivity contribution >= 4 is 30.7 Å². The summed E-state index contributed by atoms with van der Waals surface area (Å²) in [5.41, 5.74) is 0. The third-order valence-corrected chi connectivity index (χ3v) is 1.92. The van der Waals surface area contributed by atoms with Crippen LogP contribution in [0.25, 0.3) is 0 Å². The third kappa shape index (κ3) is 4.43. The number of hydrogen-bond donors (Lipinski definition) is 1. The first kappa shape index (κ1) is 11.0. The van der Waals surface area contributed by atoms with Crippen LogP contribution in [-0.4, -0.2) is 47.3 Å². The van der Waals surface area contributed by atoms with Gasteiger partial charge in [0.05, 0.1) is 0 Å². The number of ether oxygens (including phenoxy) is 1. The van der Waals surface area contributed by atoms with E-state index in [1.54, 1.807) is 7.11 Å². The summed E-state index contributed by atoms with van der Waals surface area (Å²) in [5, 5.41) is 7.00. The summed E-state index contributed by atoms with van der Waals surface area (Å²) in [4.78, 5) is 0. The molecule has 0 aliphatic rings. The average molecular weight is 162 g/mol. The van der Waals surface area contributed by atoms with Gasteiger partial charge in [0.1, 0.15) is 0 Å². The molecular formula is C8H11NaO2. The quantitative estimate of drug-likeness (QED) is 0.593. The number of aliphatic hydroxyl groups excluding tert-OH is 1. The van der Waals surface area contributed by atoms with Gasteiger partial charge in [-0.15, -0.1) is 0 Å². The molecule has 0 spiro atoms. The fourth-order valence-electron chi connectivity index (χ4n) is 0.674. The zero-order valence-electron chi connectivity index (χ0n) is 7.16. The van der Waals surface area contributed by atoms with Gasteiger partial charge in [0.15, 0.2) is 0 Å². The Kier molecular flexibility index (Phi) is 6.66. The van der Waals surface area contributed by atoms with E-state index in [0.717, 1.165) is 40.8 Å². The summed E-state index contributed by atoms with van der Waals surface area (Å²) < 4.78 is 6.38. The van der Waals surface area contributed by atoms with Crippen LogP contribution in [0.5, 0.6) is 5.75 Å². The molecular weight excluding hydrogens is 151 g/mol. The maximum absolute atomic E-state index is 7.00. The first-order valence-corrected chi connectivity index (χ1v) is 4.38. The molecule has 0 heterocycles. The van der Waals surface area contributed by atoms with Crippen molar-refractivity contribution in [1.29, 1.82) is 0 Å². The molecule has 2 nitrogen and oxygen atoms in total. The van der Waals surface area contributed by atoms with E-state index in [1.165, 1.54) is 2.81 Å². The molecule has 0 amide bonds. The van der Waals surface area contributed by atoms with Crippen LogP contribution in [0.1, 0.15) is 0 Å². The van der Waals surface area contributed by atoms with Gasteiger partial charge in [-0.05, 0) is 0 Å². The summed E-state index contributed by atoms with van der Waals surface area (Å²) in [6, 6.07) is 8.15. The summed E-state index contributed by atoms with van der Waals surface area (Å²) in [7, 11) is 2.68. The zero-order valence-corrected chi connectivity index (χ0v) is 9.16. The molecule has 1 aromatic rings. The Labute approximate surface area is 84.6 Å². The standard InChI is InChI=1S/C7H7O.CH4O.Na/c1-8-7-5-3-2-4-6-7;1-2;/h3-6H,1H3;2H,1H3;. The molecule has 56 valence electrons. The SMILES string of the molecule is CO.COc1cc[c]([Na])cc1. The van der Waals surface area contributed by atoms with E-state index in [-0.39, 0.29) is 0 Å². The van der Waals surface area contributed by atoms with Crippen LogP contribution >= 0.6 is 0 Å². The Morgan fingerprint density at radius 2 is 1.64 bits per heavy atom. The van der Waals surface area contributed by atoms with Gasteiger partial charge in [-0.25, -0.2) is 0 Å². The van der Waals surface area contributed by atoms with Gasteiger partial charge >= 0.3 is 72.6 Å². The van der Waals surface area contributed by atoms with Crippen molar-refractivity contribution in [1.82, 2.24) is 0 Å². The molecule has 0 unspecified atom stereocenters. The van der Waals surface area contributed by atoms with Crippen LogP contribution in [0.3, 0.4) is 0 Å². The van der Waals surface area contributed by atoms with Crippen LogP contribution in [0, 0.1) is 0 Å². The second-order valence-corrected chi connectivity index (χ2v) is 3.17. The van der Waals surface area contributed by atoms with Crippen molar-refractivity contribution in [3.8, 4) is 5.75 Å². The summed E-state index contributed by atoms with van der Waals surface area (Å²) in [6.45, 7) is 0. The first-order valence-electron chi connectivity index (χ1n) is 3.38. The molecule has 3 heteroatoms. The number of methoxy groups -OCH3 is 1. The monoisotopic (exact) mass is 162 g/mol. The Balaban J connectivity index is 0.000000461. The minimum absolute atomic E-state index is 0.939. The van der Waals surface area contributed by atoms with Crippen LogP contribution in [0.15, 0.2) is 24.3 Å².